The summed E-state index contributed by atoms with van der Waals surface area (Å²) in [7, 11) is -3.84. The Morgan fingerprint density at radius 3 is 2.59 bits per heavy atom. The number of carboxylic acids is 1. The van der Waals surface area contributed by atoms with Crippen LogP contribution in [0.2, 0.25) is 0 Å². The van der Waals surface area contributed by atoms with Gasteiger partial charge in [-0.1, -0.05) is 6.42 Å². The maximum absolute atomic E-state index is 13.3. The van der Waals surface area contributed by atoms with Crippen molar-refractivity contribution in [1.29, 1.82) is 0 Å². The number of piperidine rings is 1. The van der Waals surface area contributed by atoms with E-state index in [2.05, 4.69) is 9.62 Å². The van der Waals surface area contributed by atoms with Crippen molar-refractivity contribution in [1.82, 2.24) is 9.62 Å². The molecule has 0 amide bonds. The van der Waals surface area contributed by atoms with Gasteiger partial charge in [0.05, 0.1) is 10.5 Å². The predicted octanol–water partition coefficient (Wildman–Crippen LogP) is 1.29. The van der Waals surface area contributed by atoms with E-state index in [1.165, 1.54) is 6.42 Å². The second kappa shape index (κ2) is 7.17. The van der Waals surface area contributed by atoms with Crippen LogP contribution in [0.25, 0.3) is 0 Å². The maximum atomic E-state index is 13.3. The predicted molar refractivity (Wildman–Crippen MR) is 78.8 cm³/mol. The van der Waals surface area contributed by atoms with Gasteiger partial charge < -0.3 is 10.0 Å². The van der Waals surface area contributed by atoms with Gasteiger partial charge in [0.2, 0.25) is 10.0 Å². The third kappa shape index (κ3) is 4.25. The molecular formula is C14H19FN2O4S. The third-order valence-corrected chi connectivity index (χ3v) is 5.11. The lowest BCUT2D eigenvalue weighted by Crippen LogP contribution is -2.37. The minimum Gasteiger partial charge on any atom is -0.478 e. The number of rotatable bonds is 6. The minimum absolute atomic E-state index is 0.238. The Kier molecular flexibility index (Phi) is 5.49. The van der Waals surface area contributed by atoms with Gasteiger partial charge in [-0.3, -0.25) is 0 Å². The van der Waals surface area contributed by atoms with Gasteiger partial charge in [-0.15, -0.1) is 0 Å². The van der Waals surface area contributed by atoms with Crippen LogP contribution in [0.15, 0.2) is 23.1 Å². The van der Waals surface area contributed by atoms with E-state index in [1.807, 2.05) is 0 Å². The van der Waals surface area contributed by atoms with Crippen molar-refractivity contribution in [3.63, 3.8) is 0 Å². The molecule has 1 heterocycles. The molecule has 0 radical (unpaired) electrons. The zero-order chi connectivity index (χ0) is 16.2. The van der Waals surface area contributed by atoms with Gasteiger partial charge in [0.25, 0.3) is 0 Å². The Bertz CT molecular complexity index is 642. The molecule has 1 aromatic carbocycles. The highest BCUT2D eigenvalue weighted by Crippen LogP contribution is 2.15. The van der Waals surface area contributed by atoms with Gasteiger partial charge >= 0.3 is 5.97 Å². The average molecular weight is 330 g/mol. The van der Waals surface area contributed by atoms with Crippen LogP contribution >= 0.6 is 0 Å². The van der Waals surface area contributed by atoms with Gasteiger partial charge in [-0.05, 0) is 44.1 Å². The molecule has 1 saturated heterocycles. The molecule has 0 aliphatic carbocycles. The molecule has 0 atom stereocenters. The van der Waals surface area contributed by atoms with E-state index >= 15 is 0 Å². The summed E-state index contributed by atoms with van der Waals surface area (Å²) in [6.07, 6.45) is 3.44. The molecule has 22 heavy (non-hydrogen) atoms. The first-order chi connectivity index (χ1) is 10.4. The summed E-state index contributed by atoms with van der Waals surface area (Å²) in [6.45, 7) is 2.76. The van der Waals surface area contributed by atoms with Crippen LogP contribution in [0.5, 0.6) is 0 Å². The summed E-state index contributed by atoms with van der Waals surface area (Å²) in [5.74, 6) is -2.46. The molecular weight excluding hydrogens is 311 g/mol. The number of nitrogens with zero attached hydrogens (tertiary/aromatic N) is 1. The fourth-order valence-electron chi connectivity index (χ4n) is 2.44. The zero-order valence-corrected chi connectivity index (χ0v) is 12.9. The number of hydrogen-bond acceptors (Lipinski definition) is 4. The standard InChI is InChI=1S/C14H19FN2O4S/c15-13-5-4-11(10-12(13)14(18)19)22(20,21)16-6-9-17-7-2-1-3-8-17/h4-5,10,16H,1-3,6-9H2,(H,18,19). The Morgan fingerprint density at radius 1 is 1.27 bits per heavy atom. The third-order valence-electron chi connectivity index (χ3n) is 3.65. The topological polar surface area (TPSA) is 86.7 Å². The lowest BCUT2D eigenvalue weighted by Gasteiger charge is -2.26. The average Bonchev–Trinajstić information content (AvgIpc) is 2.48. The maximum Gasteiger partial charge on any atom is 0.338 e. The number of halogens is 1. The molecule has 0 spiro atoms. The zero-order valence-electron chi connectivity index (χ0n) is 12.1. The molecule has 0 aromatic heterocycles. The molecule has 0 unspecified atom stereocenters. The smallest absolute Gasteiger partial charge is 0.338 e. The van der Waals surface area contributed by atoms with Crippen molar-refractivity contribution in [3.05, 3.63) is 29.6 Å². The van der Waals surface area contributed by atoms with Crippen LogP contribution in [0.1, 0.15) is 29.6 Å². The van der Waals surface area contributed by atoms with Crippen LogP contribution in [-0.2, 0) is 10.0 Å². The van der Waals surface area contributed by atoms with Crippen molar-refractivity contribution in [2.24, 2.45) is 0 Å². The highest BCUT2D eigenvalue weighted by molar-refractivity contribution is 7.89. The van der Waals surface area contributed by atoms with Gasteiger partial charge in [0.15, 0.2) is 0 Å². The number of sulfonamides is 1. The van der Waals surface area contributed by atoms with Crippen molar-refractivity contribution < 1.29 is 22.7 Å². The van der Waals surface area contributed by atoms with E-state index in [0.717, 1.165) is 44.1 Å². The molecule has 1 aliphatic heterocycles. The highest BCUT2D eigenvalue weighted by atomic mass is 32.2. The Morgan fingerprint density at radius 2 is 1.95 bits per heavy atom. The van der Waals surface area contributed by atoms with Crippen LogP contribution in [0.4, 0.5) is 4.39 Å². The summed E-state index contributed by atoms with van der Waals surface area (Å²) >= 11 is 0. The largest absolute Gasteiger partial charge is 0.478 e. The van der Waals surface area contributed by atoms with E-state index < -0.39 is 27.4 Å². The summed E-state index contributed by atoms with van der Waals surface area (Å²) in [4.78, 5) is 12.8. The van der Waals surface area contributed by atoms with E-state index in [9.17, 15) is 17.6 Å². The normalized spacial score (nSPS) is 16.6. The molecule has 0 bridgehead atoms. The second-order valence-electron chi connectivity index (χ2n) is 5.25. The van der Waals surface area contributed by atoms with E-state index in [-0.39, 0.29) is 11.4 Å². The Labute approximate surface area is 129 Å². The SMILES string of the molecule is O=C(O)c1cc(S(=O)(=O)NCCN2CCCCC2)ccc1F. The van der Waals surface area contributed by atoms with Crippen molar-refractivity contribution in [2.75, 3.05) is 26.2 Å². The molecule has 6 nitrogen and oxygen atoms in total. The number of carbonyl (C=O) groups is 1. The van der Waals surface area contributed by atoms with Crippen LogP contribution in [-0.4, -0.2) is 50.6 Å². The number of hydrogen-bond donors (Lipinski definition) is 2. The summed E-state index contributed by atoms with van der Waals surface area (Å²) in [5.41, 5.74) is -0.654. The molecule has 1 aliphatic rings. The molecule has 1 fully saturated rings. The van der Waals surface area contributed by atoms with E-state index in [1.54, 1.807) is 0 Å². The van der Waals surface area contributed by atoms with Gasteiger partial charge in [-0.25, -0.2) is 22.3 Å². The number of aromatic carboxylic acids is 1. The number of carboxylic acid groups (broad SMARTS) is 1. The molecule has 0 saturated carbocycles. The van der Waals surface area contributed by atoms with E-state index in [0.29, 0.717) is 6.54 Å². The summed E-state index contributed by atoms with van der Waals surface area (Å²) < 4.78 is 40.0. The van der Waals surface area contributed by atoms with Gasteiger partial charge in [0, 0.05) is 13.1 Å². The highest BCUT2D eigenvalue weighted by Gasteiger charge is 2.19. The minimum atomic E-state index is -3.84. The Hall–Kier alpha value is -1.51. The van der Waals surface area contributed by atoms with E-state index in [4.69, 9.17) is 5.11 Å². The molecule has 1 aromatic rings. The van der Waals surface area contributed by atoms with Crippen LogP contribution < -0.4 is 4.72 Å². The first-order valence-electron chi connectivity index (χ1n) is 7.15. The molecule has 8 heteroatoms. The Balaban J connectivity index is 2.00. The fourth-order valence-corrected chi connectivity index (χ4v) is 3.49. The second-order valence-corrected chi connectivity index (χ2v) is 7.01. The first-order valence-corrected chi connectivity index (χ1v) is 8.63. The lowest BCUT2D eigenvalue weighted by molar-refractivity contribution is 0.0691. The molecule has 122 valence electrons. The number of likely N-dealkylation sites (tertiary alicyclic amines) is 1. The lowest BCUT2D eigenvalue weighted by atomic mass is 10.1. The monoisotopic (exact) mass is 330 g/mol. The fraction of sp³-hybridized carbons (Fsp3) is 0.500. The van der Waals surface area contributed by atoms with Gasteiger partial charge in [0.1, 0.15) is 5.82 Å². The summed E-state index contributed by atoms with van der Waals surface area (Å²) in [5, 5.41) is 8.84. The number of benzene rings is 1. The quantitative estimate of drug-likeness (QED) is 0.821. The van der Waals surface area contributed by atoms with Crippen LogP contribution in [0, 0.1) is 5.82 Å². The van der Waals surface area contributed by atoms with Gasteiger partial charge in [-0.2, -0.15) is 0 Å². The number of nitrogens with one attached hydrogen (secondary N) is 1. The molecule has 2 N–H and O–H groups in total. The first kappa shape index (κ1) is 16.9. The summed E-state index contributed by atoms with van der Waals surface area (Å²) in [6, 6.07) is 2.74. The van der Waals surface area contributed by atoms with Crippen LogP contribution in [0.3, 0.4) is 0 Å². The molecule has 2 rings (SSSR count). The van der Waals surface area contributed by atoms with Crippen molar-refractivity contribution in [3.8, 4) is 0 Å². The van der Waals surface area contributed by atoms with Crippen molar-refractivity contribution >= 4 is 16.0 Å². The van der Waals surface area contributed by atoms with Crippen molar-refractivity contribution in [2.45, 2.75) is 24.2 Å².